The fraction of sp³-hybridized carbons (Fsp3) is 0. The highest BCUT2D eigenvalue weighted by Gasteiger charge is 1.87. The van der Waals surface area contributed by atoms with Gasteiger partial charge in [-0.2, -0.15) is 5.26 Å². The highest BCUT2D eigenvalue weighted by atomic mass is 14.8. The first-order valence-electron chi connectivity index (χ1n) is 2.95. The molecule has 0 fully saturated rings. The third kappa shape index (κ3) is 2.00. The van der Waals surface area contributed by atoms with Crippen molar-refractivity contribution in [2.75, 3.05) is 5.73 Å². The molecule has 0 aromatic carbocycles. The molecule has 1 heterocycles. The van der Waals surface area contributed by atoms with Crippen molar-refractivity contribution >= 4 is 5.82 Å². The Hall–Kier alpha value is -2.00. The lowest BCUT2D eigenvalue weighted by atomic mass is 10.3. The predicted molar refractivity (Wildman–Crippen MR) is 41.1 cm³/mol. The number of pyridine rings is 1. The third-order valence-electron chi connectivity index (χ3n) is 1.02. The molecule has 0 radical (unpaired) electrons. The summed E-state index contributed by atoms with van der Waals surface area (Å²) in [7, 11) is 0. The molecular formula is C8H5N3. The molecule has 0 unspecified atom stereocenters. The maximum absolute atomic E-state index is 8.11. The molecule has 52 valence electrons. The minimum atomic E-state index is 0.412. The summed E-state index contributed by atoms with van der Waals surface area (Å²) in [4.78, 5) is 3.86. The molecule has 0 atom stereocenters. The normalized spacial score (nSPS) is 7.55. The van der Waals surface area contributed by atoms with Gasteiger partial charge >= 0.3 is 0 Å². The number of hydrogen-bond donors (Lipinski definition) is 1. The summed E-state index contributed by atoms with van der Waals surface area (Å²) in [5, 5.41) is 8.11. The minimum Gasteiger partial charge on any atom is -0.384 e. The van der Waals surface area contributed by atoms with Gasteiger partial charge in [0.25, 0.3) is 0 Å². The van der Waals surface area contributed by atoms with Gasteiger partial charge < -0.3 is 5.73 Å². The van der Waals surface area contributed by atoms with Crippen molar-refractivity contribution in [2.45, 2.75) is 0 Å². The molecular weight excluding hydrogens is 138 g/mol. The Morgan fingerprint density at radius 1 is 1.45 bits per heavy atom. The van der Waals surface area contributed by atoms with E-state index in [4.69, 9.17) is 11.0 Å². The minimum absolute atomic E-state index is 0.412. The summed E-state index contributed by atoms with van der Waals surface area (Å²) in [5.74, 6) is 5.17. The molecule has 0 bridgehead atoms. The van der Waals surface area contributed by atoms with Crippen LogP contribution in [-0.4, -0.2) is 4.98 Å². The van der Waals surface area contributed by atoms with E-state index in [1.54, 1.807) is 24.3 Å². The largest absolute Gasteiger partial charge is 0.384 e. The van der Waals surface area contributed by atoms with Crippen molar-refractivity contribution < 1.29 is 0 Å². The Morgan fingerprint density at radius 3 is 2.91 bits per heavy atom. The molecule has 3 nitrogen and oxygen atoms in total. The zero-order valence-corrected chi connectivity index (χ0v) is 5.70. The molecule has 1 aromatic heterocycles. The van der Waals surface area contributed by atoms with Gasteiger partial charge in [-0.25, -0.2) is 4.98 Å². The van der Waals surface area contributed by atoms with E-state index >= 15 is 0 Å². The zero-order chi connectivity index (χ0) is 8.10. The van der Waals surface area contributed by atoms with E-state index in [0.29, 0.717) is 11.5 Å². The predicted octanol–water partition coefficient (Wildman–Crippen LogP) is 0.539. The molecule has 0 aliphatic carbocycles. The topological polar surface area (TPSA) is 62.7 Å². The van der Waals surface area contributed by atoms with Crippen molar-refractivity contribution in [2.24, 2.45) is 0 Å². The van der Waals surface area contributed by atoms with Crippen LogP contribution in [0.15, 0.2) is 18.2 Å². The zero-order valence-electron chi connectivity index (χ0n) is 5.70. The van der Waals surface area contributed by atoms with Gasteiger partial charge in [-0.3, -0.25) is 0 Å². The maximum Gasteiger partial charge on any atom is 0.152 e. The van der Waals surface area contributed by atoms with Crippen molar-refractivity contribution in [1.82, 2.24) is 4.98 Å². The highest BCUT2D eigenvalue weighted by Crippen LogP contribution is 1.97. The summed E-state index contributed by atoms with van der Waals surface area (Å²) in [6.07, 6.45) is 0. The summed E-state index contributed by atoms with van der Waals surface area (Å²) < 4.78 is 0. The van der Waals surface area contributed by atoms with Crippen LogP contribution in [0.25, 0.3) is 0 Å². The number of nitriles is 1. The average molecular weight is 143 g/mol. The molecule has 1 aromatic rings. The van der Waals surface area contributed by atoms with E-state index in [9.17, 15) is 0 Å². The van der Waals surface area contributed by atoms with Gasteiger partial charge in [0, 0.05) is 5.92 Å². The van der Waals surface area contributed by atoms with Crippen molar-refractivity contribution in [3.05, 3.63) is 23.9 Å². The van der Waals surface area contributed by atoms with Crippen molar-refractivity contribution in [3.8, 4) is 17.9 Å². The van der Waals surface area contributed by atoms with Gasteiger partial charge in [-0.15, -0.1) is 0 Å². The Morgan fingerprint density at radius 2 is 2.27 bits per heavy atom. The van der Waals surface area contributed by atoms with Gasteiger partial charge in [0.15, 0.2) is 6.07 Å². The van der Waals surface area contributed by atoms with Crippen LogP contribution in [0.2, 0.25) is 0 Å². The molecule has 0 amide bonds. The highest BCUT2D eigenvalue weighted by molar-refractivity contribution is 5.38. The molecule has 0 spiro atoms. The second-order valence-corrected chi connectivity index (χ2v) is 1.81. The van der Waals surface area contributed by atoms with Crippen LogP contribution < -0.4 is 5.73 Å². The number of hydrogen-bond acceptors (Lipinski definition) is 3. The second-order valence-electron chi connectivity index (χ2n) is 1.81. The Kier molecular flexibility index (Phi) is 2.09. The SMILES string of the molecule is N#CC#Cc1cccc(N)n1. The van der Waals surface area contributed by atoms with E-state index in [1.807, 2.05) is 0 Å². The van der Waals surface area contributed by atoms with Crippen molar-refractivity contribution in [3.63, 3.8) is 0 Å². The van der Waals surface area contributed by atoms with Gasteiger partial charge in [0.05, 0.1) is 0 Å². The monoisotopic (exact) mass is 143 g/mol. The lowest BCUT2D eigenvalue weighted by Crippen LogP contribution is -1.90. The summed E-state index contributed by atoms with van der Waals surface area (Å²) >= 11 is 0. The number of nitrogens with two attached hydrogens (primary N) is 1. The standard InChI is InChI=1S/C8H5N3/c9-6-2-4-7-3-1-5-8(10)11-7/h1,3,5H,(H2,10,11). The first-order chi connectivity index (χ1) is 5.33. The van der Waals surface area contributed by atoms with Crippen LogP contribution in [-0.2, 0) is 0 Å². The van der Waals surface area contributed by atoms with E-state index < -0.39 is 0 Å². The number of nitrogens with zero attached hydrogens (tertiary/aromatic N) is 2. The van der Waals surface area contributed by atoms with Crippen LogP contribution in [0.4, 0.5) is 5.82 Å². The number of nitrogen functional groups attached to an aromatic ring is 1. The van der Waals surface area contributed by atoms with Crippen molar-refractivity contribution in [1.29, 1.82) is 5.26 Å². The van der Waals surface area contributed by atoms with Crippen LogP contribution in [0.1, 0.15) is 5.69 Å². The summed E-state index contributed by atoms with van der Waals surface area (Å²) in [6, 6.07) is 6.79. The van der Waals surface area contributed by atoms with Crippen LogP contribution in [0, 0.1) is 23.2 Å². The van der Waals surface area contributed by atoms with E-state index in [-0.39, 0.29) is 0 Å². The van der Waals surface area contributed by atoms with E-state index in [1.165, 1.54) is 0 Å². The fourth-order valence-electron chi connectivity index (χ4n) is 0.613. The molecule has 0 saturated heterocycles. The number of aromatic nitrogens is 1. The molecule has 0 aliphatic rings. The van der Waals surface area contributed by atoms with E-state index in [0.717, 1.165) is 0 Å². The van der Waals surface area contributed by atoms with E-state index in [2.05, 4.69) is 16.8 Å². The smallest absolute Gasteiger partial charge is 0.152 e. The quantitative estimate of drug-likeness (QED) is 0.539. The first kappa shape index (κ1) is 7.11. The van der Waals surface area contributed by atoms with Gasteiger partial charge in [0.2, 0.25) is 0 Å². The lowest BCUT2D eigenvalue weighted by molar-refractivity contribution is 1.30. The summed E-state index contributed by atoms with van der Waals surface area (Å²) in [5.41, 5.74) is 5.89. The van der Waals surface area contributed by atoms with Crippen LogP contribution >= 0.6 is 0 Å². The fourth-order valence-corrected chi connectivity index (χ4v) is 0.613. The van der Waals surface area contributed by atoms with Gasteiger partial charge in [-0.05, 0) is 18.1 Å². The molecule has 0 saturated carbocycles. The second kappa shape index (κ2) is 3.24. The Bertz CT molecular complexity index is 352. The van der Waals surface area contributed by atoms with Gasteiger partial charge in [-0.1, -0.05) is 6.07 Å². The molecule has 2 N–H and O–H groups in total. The number of rotatable bonds is 0. The summed E-state index contributed by atoms with van der Waals surface area (Å²) in [6.45, 7) is 0. The number of anilines is 1. The Balaban J connectivity index is 2.99. The first-order valence-corrected chi connectivity index (χ1v) is 2.95. The molecule has 11 heavy (non-hydrogen) atoms. The van der Waals surface area contributed by atoms with Gasteiger partial charge in [0.1, 0.15) is 11.5 Å². The molecule has 1 rings (SSSR count). The van der Waals surface area contributed by atoms with Crippen LogP contribution in [0.3, 0.4) is 0 Å². The molecule has 0 aliphatic heterocycles. The molecule has 3 heteroatoms. The maximum atomic E-state index is 8.11. The third-order valence-corrected chi connectivity index (χ3v) is 1.02. The average Bonchev–Trinajstić information content (AvgIpc) is 2.01. The lowest BCUT2D eigenvalue weighted by Gasteiger charge is -1.89. The Labute approximate surface area is 64.5 Å². The van der Waals surface area contributed by atoms with Crippen LogP contribution in [0.5, 0.6) is 0 Å².